The van der Waals surface area contributed by atoms with E-state index in [2.05, 4.69) is 0 Å². The highest BCUT2D eigenvalue weighted by Gasteiger charge is 2.37. The molecule has 1 unspecified atom stereocenters. The van der Waals surface area contributed by atoms with Gasteiger partial charge in [0.25, 0.3) is 0 Å². The molecule has 0 saturated heterocycles. The fourth-order valence-electron chi connectivity index (χ4n) is 3.89. The van der Waals surface area contributed by atoms with Crippen LogP contribution < -0.4 is 4.74 Å². The summed E-state index contributed by atoms with van der Waals surface area (Å²) in [6, 6.07) is 15.5. The average molecular weight is 422 g/mol. The highest BCUT2D eigenvalue weighted by atomic mass is 16.5. The lowest BCUT2D eigenvalue weighted by molar-refractivity contribution is -0.141. The molecule has 0 fully saturated rings. The van der Waals surface area contributed by atoms with Crippen LogP contribution in [-0.4, -0.2) is 30.5 Å². The molecule has 31 heavy (non-hydrogen) atoms. The third-order valence-corrected chi connectivity index (χ3v) is 5.68. The summed E-state index contributed by atoms with van der Waals surface area (Å²) in [7, 11) is 1.61. The Bertz CT molecular complexity index is 992. The van der Waals surface area contributed by atoms with Crippen molar-refractivity contribution in [3.05, 3.63) is 76.5 Å². The minimum absolute atomic E-state index is 0.00557. The predicted molar refractivity (Wildman–Crippen MR) is 121 cm³/mol. The molecule has 0 bridgehead atoms. The Morgan fingerprint density at radius 2 is 1.87 bits per heavy atom. The first-order chi connectivity index (χ1) is 14.8. The second kappa shape index (κ2) is 9.82. The van der Waals surface area contributed by atoms with Gasteiger partial charge in [0, 0.05) is 18.0 Å². The number of aryl methyl sites for hydroxylation is 1. The maximum absolute atomic E-state index is 13.2. The van der Waals surface area contributed by atoms with Gasteiger partial charge in [-0.2, -0.15) is 0 Å². The summed E-state index contributed by atoms with van der Waals surface area (Å²) in [6.07, 6.45) is 0.211. The smallest absolute Gasteiger partial charge is 0.336 e. The van der Waals surface area contributed by atoms with Crippen molar-refractivity contribution in [1.29, 1.82) is 0 Å². The Kier molecular flexibility index (Phi) is 7.16. The van der Waals surface area contributed by atoms with Gasteiger partial charge in [-0.15, -0.1) is 0 Å². The van der Waals surface area contributed by atoms with Crippen molar-refractivity contribution in [3.63, 3.8) is 0 Å². The van der Waals surface area contributed by atoms with Crippen molar-refractivity contribution in [2.75, 3.05) is 13.7 Å². The Labute approximate surface area is 184 Å². The van der Waals surface area contributed by atoms with Gasteiger partial charge in [0.2, 0.25) is 5.91 Å². The minimum Gasteiger partial charge on any atom is -0.497 e. The molecule has 1 aliphatic rings. The van der Waals surface area contributed by atoms with Crippen molar-refractivity contribution in [1.82, 2.24) is 4.90 Å². The first-order valence-electron chi connectivity index (χ1n) is 10.7. The molecule has 0 saturated carbocycles. The predicted octanol–water partition coefficient (Wildman–Crippen LogP) is 4.99. The Balaban J connectivity index is 2.03. The summed E-state index contributed by atoms with van der Waals surface area (Å²) in [5.41, 5.74) is 4.24. The number of amides is 1. The number of carbonyl (C=O) groups is 2. The van der Waals surface area contributed by atoms with Crippen molar-refractivity contribution in [2.24, 2.45) is 5.92 Å². The molecule has 1 aliphatic heterocycles. The van der Waals surface area contributed by atoms with Gasteiger partial charge in [-0.25, -0.2) is 4.79 Å². The van der Waals surface area contributed by atoms with E-state index in [4.69, 9.17) is 9.47 Å². The van der Waals surface area contributed by atoms with Crippen LogP contribution in [0.4, 0.5) is 0 Å². The van der Waals surface area contributed by atoms with E-state index in [9.17, 15) is 9.59 Å². The van der Waals surface area contributed by atoms with Crippen LogP contribution in [0.3, 0.4) is 0 Å². The lowest BCUT2D eigenvalue weighted by Gasteiger charge is -2.35. The first kappa shape index (κ1) is 22.6. The van der Waals surface area contributed by atoms with E-state index in [1.807, 2.05) is 76.2 Å². The maximum Gasteiger partial charge on any atom is 0.336 e. The number of nitrogens with zero attached hydrogens (tertiary/aromatic N) is 1. The second-order valence-corrected chi connectivity index (χ2v) is 8.43. The zero-order chi connectivity index (χ0) is 22.5. The number of benzene rings is 2. The number of hydrogen-bond donors (Lipinski definition) is 0. The number of esters is 1. The third-order valence-electron chi connectivity index (χ3n) is 5.68. The van der Waals surface area contributed by atoms with Gasteiger partial charge < -0.3 is 14.4 Å². The standard InChI is InChI=1S/C26H31NO4/c1-17(2)16-31-26(29)25-19(4)27(15-21-10-7-6-9-18(21)3)24(28)14-23(25)20-11-8-12-22(13-20)30-5/h6-13,17,23H,14-16H2,1-5H3. The number of rotatable bonds is 7. The monoisotopic (exact) mass is 421 g/mol. The van der Waals surface area contributed by atoms with Crippen molar-refractivity contribution >= 4 is 11.9 Å². The largest absolute Gasteiger partial charge is 0.497 e. The molecular weight excluding hydrogens is 390 g/mol. The van der Waals surface area contributed by atoms with Crippen LogP contribution in [0.15, 0.2) is 59.8 Å². The van der Waals surface area contributed by atoms with Gasteiger partial charge in [-0.1, -0.05) is 50.2 Å². The van der Waals surface area contributed by atoms with E-state index in [1.165, 1.54) is 0 Å². The second-order valence-electron chi connectivity index (χ2n) is 8.43. The molecule has 2 aromatic carbocycles. The summed E-state index contributed by atoms with van der Waals surface area (Å²) >= 11 is 0. The first-order valence-corrected chi connectivity index (χ1v) is 10.7. The van der Waals surface area contributed by atoms with E-state index in [0.29, 0.717) is 30.2 Å². The fourth-order valence-corrected chi connectivity index (χ4v) is 3.89. The summed E-state index contributed by atoms with van der Waals surface area (Å²) < 4.78 is 11.0. The van der Waals surface area contributed by atoms with Gasteiger partial charge in [0.15, 0.2) is 0 Å². The molecule has 1 atom stereocenters. The minimum atomic E-state index is -0.365. The zero-order valence-corrected chi connectivity index (χ0v) is 19.0. The third kappa shape index (κ3) is 5.16. The van der Waals surface area contributed by atoms with Gasteiger partial charge >= 0.3 is 5.97 Å². The summed E-state index contributed by atoms with van der Waals surface area (Å²) in [5.74, 6) is 0.193. The van der Waals surface area contributed by atoms with Crippen LogP contribution in [-0.2, 0) is 20.9 Å². The van der Waals surface area contributed by atoms with Crippen molar-refractivity contribution in [2.45, 2.75) is 46.6 Å². The molecule has 1 heterocycles. The molecule has 2 aromatic rings. The van der Waals surface area contributed by atoms with Crippen LogP contribution in [0.2, 0.25) is 0 Å². The van der Waals surface area contributed by atoms with Gasteiger partial charge in [0.1, 0.15) is 5.75 Å². The summed E-state index contributed by atoms with van der Waals surface area (Å²) in [4.78, 5) is 28.1. The molecule has 0 aliphatic carbocycles. The maximum atomic E-state index is 13.2. The van der Waals surface area contributed by atoms with Crippen molar-refractivity contribution < 1.29 is 19.1 Å². The molecule has 164 valence electrons. The highest BCUT2D eigenvalue weighted by molar-refractivity contribution is 5.95. The quantitative estimate of drug-likeness (QED) is 0.591. The Hall–Kier alpha value is -3.08. The molecule has 1 amide bonds. The number of carbonyl (C=O) groups excluding carboxylic acids is 2. The molecule has 5 nitrogen and oxygen atoms in total. The number of allylic oxidation sites excluding steroid dienone is 1. The highest BCUT2D eigenvalue weighted by Crippen LogP contribution is 2.38. The molecule has 0 aromatic heterocycles. The average Bonchev–Trinajstić information content (AvgIpc) is 2.75. The lowest BCUT2D eigenvalue weighted by Crippen LogP contribution is -2.38. The van der Waals surface area contributed by atoms with Crippen LogP contribution in [0.25, 0.3) is 0 Å². The van der Waals surface area contributed by atoms with Crippen LogP contribution in [0.1, 0.15) is 49.8 Å². The topological polar surface area (TPSA) is 55.8 Å². The number of methoxy groups -OCH3 is 1. The fraction of sp³-hybridized carbons (Fsp3) is 0.385. The van der Waals surface area contributed by atoms with Gasteiger partial charge in [-0.05, 0) is 48.6 Å². The Morgan fingerprint density at radius 3 is 2.55 bits per heavy atom. The van der Waals surface area contributed by atoms with Gasteiger partial charge in [0.05, 0.1) is 25.8 Å². The van der Waals surface area contributed by atoms with E-state index in [-0.39, 0.29) is 30.1 Å². The lowest BCUT2D eigenvalue weighted by atomic mass is 9.83. The molecule has 0 N–H and O–H groups in total. The molecule has 0 radical (unpaired) electrons. The van der Waals surface area contributed by atoms with E-state index >= 15 is 0 Å². The van der Waals surface area contributed by atoms with E-state index < -0.39 is 0 Å². The number of ether oxygens (including phenoxy) is 2. The van der Waals surface area contributed by atoms with Gasteiger partial charge in [-0.3, -0.25) is 4.79 Å². The summed E-state index contributed by atoms with van der Waals surface area (Å²) in [5, 5.41) is 0. The Morgan fingerprint density at radius 1 is 1.13 bits per heavy atom. The van der Waals surface area contributed by atoms with Crippen LogP contribution in [0.5, 0.6) is 5.75 Å². The SMILES string of the molecule is COc1cccc(C2CC(=O)N(Cc3ccccc3C)C(C)=C2C(=O)OCC(C)C)c1. The van der Waals surface area contributed by atoms with Crippen molar-refractivity contribution in [3.8, 4) is 5.75 Å². The van der Waals surface area contributed by atoms with Crippen LogP contribution in [0, 0.1) is 12.8 Å². The molecular formula is C26H31NO4. The molecule has 5 heteroatoms. The van der Waals surface area contributed by atoms with E-state index in [0.717, 1.165) is 16.7 Å². The normalized spacial score (nSPS) is 16.6. The number of hydrogen-bond acceptors (Lipinski definition) is 4. The van der Waals surface area contributed by atoms with E-state index in [1.54, 1.807) is 12.0 Å². The molecule has 3 rings (SSSR count). The van der Waals surface area contributed by atoms with Crippen LogP contribution >= 0.6 is 0 Å². The molecule has 0 spiro atoms. The zero-order valence-electron chi connectivity index (χ0n) is 19.0. The summed E-state index contributed by atoms with van der Waals surface area (Å²) in [6.45, 7) is 8.65.